The van der Waals surface area contributed by atoms with Gasteiger partial charge in [0.05, 0.1) is 5.69 Å². The Morgan fingerprint density at radius 1 is 1.32 bits per heavy atom. The van der Waals surface area contributed by atoms with E-state index in [4.69, 9.17) is 5.11 Å². The van der Waals surface area contributed by atoms with Gasteiger partial charge >= 0.3 is 5.97 Å². The third-order valence-electron chi connectivity index (χ3n) is 3.42. The van der Waals surface area contributed by atoms with Gasteiger partial charge < -0.3 is 15.3 Å². The van der Waals surface area contributed by atoms with Gasteiger partial charge in [-0.1, -0.05) is 12.5 Å². The summed E-state index contributed by atoms with van der Waals surface area (Å²) in [6, 6.07) is 4.28. The summed E-state index contributed by atoms with van der Waals surface area (Å²) in [6.07, 6.45) is 3.73. The summed E-state index contributed by atoms with van der Waals surface area (Å²) in [5, 5.41) is 12.0. The molecular formula is C14H19FN2O2. The van der Waals surface area contributed by atoms with Crippen LogP contribution < -0.4 is 5.32 Å². The smallest absolute Gasteiger partial charge is 0.340 e. The lowest BCUT2D eigenvalue weighted by Gasteiger charge is -2.26. The molecule has 2 N–H and O–H groups in total. The molecule has 0 spiro atoms. The van der Waals surface area contributed by atoms with Gasteiger partial charge in [0.15, 0.2) is 0 Å². The van der Waals surface area contributed by atoms with Crippen molar-refractivity contribution in [3.05, 3.63) is 29.6 Å². The van der Waals surface area contributed by atoms with Crippen LogP contribution in [0.3, 0.4) is 0 Å². The van der Waals surface area contributed by atoms with Crippen LogP contribution in [-0.4, -0.2) is 42.2 Å². The zero-order valence-corrected chi connectivity index (χ0v) is 10.9. The maximum Gasteiger partial charge on any atom is 0.340 e. The molecule has 0 aliphatic carbocycles. The van der Waals surface area contributed by atoms with Gasteiger partial charge in [-0.2, -0.15) is 0 Å². The molecule has 1 aromatic carbocycles. The number of nitrogens with zero attached hydrogens (tertiary/aromatic N) is 1. The molecule has 104 valence electrons. The summed E-state index contributed by atoms with van der Waals surface area (Å²) in [5.41, 5.74) is 0.0747. The molecule has 1 fully saturated rings. The third-order valence-corrected chi connectivity index (χ3v) is 3.42. The first-order valence-electron chi connectivity index (χ1n) is 6.66. The van der Waals surface area contributed by atoms with Crippen LogP contribution in [0.25, 0.3) is 0 Å². The molecule has 0 unspecified atom stereocenters. The van der Waals surface area contributed by atoms with Crippen molar-refractivity contribution in [1.82, 2.24) is 4.90 Å². The Kier molecular flexibility index (Phi) is 4.74. The van der Waals surface area contributed by atoms with Crippen molar-refractivity contribution in [2.75, 3.05) is 31.5 Å². The first-order chi connectivity index (χ1) is 9.18. The topological polar surface area (TPSA) is 52.6 Å². The van der Waals surface area contributed by atoms with Crippen LogP contribution in [-0.2, 0) is 0 Å². The first kappa shape index (κ1) is 13.8. The summed E-state index contributed by atoms with van der Waals surface area (Å²) in [5.74, 6) is -1.94. The fourth-order valence-electron chi connectivity index (χ4n) is 2.42. The minimum Gasteiger partial charge on any atom is -0.478 e. The van der Waals surface area contributed by atoms with Crippen LogP contribution in [0.2, 0.25) is 0 Å². The molecule has 0 aromatic heterocycles. The van der Waals surface area contributed by atoms with E-state index in [9.17, 15) is 9.18 Å². The standard InChI is InChI=1S/C14H19FN2O2/c15-11-5-4-6-12(13(11)14(18)19)16-7-10-17-8-2-1-3-9-17/h4-6,16H,1-3,7-10H2,(H,18,19). The largest absolute Gasteiger partial charge is 0.478 e. The molecule has 4 nitrogen and oxygen atoms in total. The molecule has 1 aliphatic heterocycles. The Hall–Kier alpha value is -1.62. The second kappa shape index (κ2) is 6.52. The number of carbonyl (C=O) groups is 1. The van der Waals surface area contributed by atoms with E-state index in [1.54, 1.807) is 6.07 Å². The Bertz CT molecular complexity index is 445. The second-order valence-corrected chi connectivity index (χ2v) is 4.80. The van der Waals surface area contributed by atoms with Crippen LogP contribution in [0.4, 0.5) is 10.1 Å². The fourth-order valence-corrected chi connectivity index (χ4v) is 2.42. The van der Waals surface area contributed by atoms with Crippen LogP contribution >= 0.6 is 0 Å². The van der Waals surface area contributed by atoms with Gasteiger partial charge in [0.2, 0.25) is 0 Å². The van der Waals surface area contributed by atoms with Crippen molar-refractivity contribution in [1.29, 1.82) is 0 Å². The highest BCUT2D eigenvalue weighted by atomic mass is 19.1. The van der Waals surface area contributed by atoms with Crippen molar-refractivity contribution in [2.45, 2.75) is 19.3 Å². The highest BCUT2D eigenvalue weighted by Gasteiger charge is 2.15. The van der Waals surface area contributed by atoms with E-state index >= 15 is 0 Å². The van der Waals surface area contributed by atoms with E-state index in [2.05, 4.69) is 10.2 Å². The monoisotopic (exact) mass is 266 g/mol. The normalized spacial score (nSPS) is 16.3. The molecule has 0 atom stereocenters. The number of aromatic carboxylic acids is 1. The molecule has 5 heteroatoms. The molecule has 0 saturated carbocycles. The Labute approximate surface area is 112 Å². The van der Waals surface area contributed by atoms with Crippen LogP contribution in [0, 0.1) is 5.82 Å². The van der Waals surface area contributed by atoms with Crippen molar-refractivity contribution in [2.24, 2.45) is 0 Å². The molecule has 1 heterocycles. The van der Waals surface area contributed by atoms with Gasteiger partial charge in [0.1, 0.15) is 11.4 Å². The SMILES string of the molecule is O=C(O)c1c(F)cccc1NCCN1CCCCC1. The number of hydrogen-bond acceptors (Lipinski definition) is 3. The number of carboxylic acids is 1. The van der Waals surface area contributed by atoms with Gasteiger partial charge in [-0.05, 0) is 38.1 Å². The van der Waals surface area contributed by atoms with Crippen molar-refractivity contribution >= 4 is 11.7 Å². The molecule has 0 bridgehead atoms. The first-order valence-corrected chi connectivity index (χ1v) is 6.66. The van der Waals surface area contributed by atoms with Crippen LogP contribution in [0.5, 0.6) is 0 Å². The average molecular weight is 266 g/mol. The molecule has 1 aromatic rings. The predicted octanol–water partition coefficient (Wildman–Crippen LogP) is 2.42. The fraction of sp³-hybridized carbons (Fsp3) is 0.500. The third kappa shape index (κ3) is 3.67. The molecule has 1 aliphatic rings. The van der Waals surface area contributed by atoms with E-state index in [0.29, 0.717) is 12.2 Å². The number of rotatable bonds is 5. The van der Waals surface area contributed by atoms with Gasteiger partial charge in [-0.25, -0.2) is 9.18 Å². The number of halogens is 1. The number of anilines is 1. The summed E-state index contributed by atoms with van der Waals surface area (Å²) in [7, 11) is 0. The highest BCUT2D eigenvalue weighted by molar-refractivity contribution is 5.94. The van der Waals surface area contributed by atoms with E-state index in [1.165, 1.54) is 31.4 Å². The average Bonchev–Trinajstić information content (AvgIpc) is 2.39. The van der Waals surface area contributed by atoms with Crippen LogP contribution in [0.15, 0.2) is 18.2 Å². The number of likely N-dealkylation sites (tertiary alicyclic amines) is 1. The highest BCUT2D eigenvalue weighted by Crippen LogP contribution is 2.18. The molecular weight excluding hydrogens is 247 g/mol. The van der Waals surface area contributed by atoms with E-state index in [0.717, 1.165) is 19.6 Å². The molecule has 2 rings (SSSR count). The predicted molar refractivity (Wildman–Crippen MR) is 72.1 cm³/mol. The maximum absolute atomic E-state index is 13.5. The van der Waals surface area contributed by atoms with Crippen molar-refractivity contribution in [3.63, 3.8) is 0 Å². The lowest BCUT2D eigenvalue weighted by molar-refractivity contribution is 0.0693. The van der Waals surface area contributed by atoms with Crippen molar-refractivity contribution < 1.29 is 14.3 Å². The number of carboxylic acid groups (broad SMARTS) is 1. The summed E-state index contributed by atoms with van der Waals surface area (Å²) in [6.45, 7) is 3.67. The zero-order valence-electron chi connectivity index (χ0n) is 10.9. The lowest BCUT2D eigenvalue weighted by Crippen LogP contribution is -2.33. The Morgan fingerprint density at radius 3 is 2.74 bits per heavy atom. The summed E-state index contributed by atoms with van der Waals surface area (Å²) >= 11 is 0. The van der Waals surface area contributed by atoms with E-state index in [-0.39, 0.29) is 5.56 Å². The van der Waals surface area contributed by atoms with Gasteiger partial charge in [-0.15, -0.1) is 0 Å². The number of piperidine rings is 1. The minimum absolute atomic E-state index is 0.277. The number of benzene rings is 1. The number of hydrogen-bond donors (Lipinski definition) is 2. The Balaban J connectivity index is 1.92. The van der Waals surface area contributed by atoms with Gasteiger partial charge in [-0.3, -0.25) is 0 Å². The van der Waals surface area contributed by atoms with E-state index in [1.807, 2.05) is 0 Å². The zero-order chi connectivity index (χ0) is 13.7. The minimum atomic E-state index is -1.24. The molecule has 0 amide bonds. The summed E-state index contributed by atoms with van der Waals surface area (Å²) < 4.78 is 13.5. The van der Waals surface area contributed by atoms with E-state index < -0.39 is 11.8 Å². The molecule has 1 saturated heterocycles. The Morgan fingerprint density at radius 2 is 2.05 bits per heavy atom. The van der Waals surface area contributed by atoms with Gasteiger partial charge in [0, 0.05) is 13.1 Å². The molecule has 19 heavy (non-hydrogen) atoms. The maximum atomic E-state index is 13.5. The number of nitrogens with one attached hydrogen (secondary N) is 1. The summed E-state index contributed by atoms with van der Waals surface area (Å²) in [4.78, 5) is 13.4. The van der Waals surface area contributed by atoms with Gasteiger partial charge in [0.25, 0.3) is 0 Å². The van der Waals surface area contributed by atoms with Crippen LogP contribution in [0.1, 0.15) is 29.6 Å². The quantitative estimate of drug-likeness (QED) is 0.859. The lowest BCUT2D eigenvalue weighted by atomic mass is 10.1. The van der Waals surface area contributed by atoms with Crippen molar-refractivity contribution in [3.8, 4) is 0 Å². The second-order valence-electron chi connectivity index (χ2n) is 4.80. The molecule has 0 radical (unpaired) electrons.